The van der Waals surface area contributed by atoms with E-state index in [1.54, 1.807) is 47.3 Å². The molecule has 4 N–H and O–H groups in total. The maximum absolute atomic E-state index is 8.56. The summed E-state index contributed by atoms with van der Waals surface area (Å²) in [5.74, 6) is 0. The molecule has 0 radical (unpaired) electrons. The van der Waals surface area contributed by atoms with Crippen molar-refractivity contribution in [1.82, 2.24) is 19.6 Å². The molecular formula is C16H44N4O4Ti. The van der Waals surface area contributed by atoms with E-state index in [0.29, 0.717) is 0 Å². The third-order valence-electron chi connectivity index (χ3n) is 2.99. The summed E-state index contributed by atoms with van der Waals surface area (Å²) >= 11 is 0. The van der Waals surface area contributed by atoms with Gasteiger partial charge in [-0.2, -0.15) is 0 Å². The number of hydrogen-bond acceptors (Lipinski definition) is 8. The first-order valence-electron chi connectivity index (χ1n) is 7.95. The molecule has 0 saturated carbocycles. The SMILES string of the molecule is CC(O)N(C)C.CC(O)N(C)C.CC(O)N(C)C.CC(O)N(C)C.[Ti]. The van der Waals surface area contributed by atoms with Crippen LogP contribution in [0.3, 0.4) is 0 Å². The van der Waals surface area contributed by atoms with Gasteiger partial charge in [-0.15, -0.1) is 0 Å². The van der Waals surface area contributed by atoms with E-state index in [0.717, 1.165) is 0 Å². The van der Waals surface area contributed by atoms with E-state index in [4.69, 9.17) is 20.4 Å². The summed E-state index contributed by atoms with van der Waals surface area (Å²) in [6, 6.07) is 0. The van der Waals surface area contributed by atoms with Crippen molar-refractivity contribution in [2.45, 2.75) is 52.6 Å². The van der Waals surface area contributed by atoms with Gasteiger partial charge in [0.25, 0.3) is 0 Å². The monoisotopic (exact) mass is 404 g/mol. The molecule has 0 aromatic carbocycles. The molecular weight excluding hydrogens is 360 g/mol. The van der Waals surface area contributed by atoms with Crippen LogP contribution in [0.1, 0.15) is 27.7 Å². The van der Waals surface area contributed by atoms with Crippen LogP contribution in [0.15, 0.2) is 0 Å². The number of aliphatic hydroxyl groups is 4. The Labute approximate surface area is 170 Å². The number of nitrogens with zero attached hydrogens (tertiary/aromatic N) is 4. The zero-order chi connectivity index (χ0) is 20.6. The van der Waals surface area contributed by atoms with Crippen LogP contribution in [0.5, 0.6) is 0 Å². The smallest absolute Gasteiger partial charge is 0.104 e. The summed E-state index contributed by atoms with van der Waals surface area (Å²) in [6.45, 7) is 6.89. The third-order valence-corrected chi connectivity index (χ3v) is 2.99. The summed E-state index contributed by atoms with van der Waals surface area (Å²) in [7, 11) is 14.6. The minimum Gasteiger partial charge on any atom is -0.379 e. The van der Waals surface area contributed by atoms with Crippen molar-refractivity contribution in [3.63, 3.8) is 0 Å². The summed E-state index contributed by atoms with van der Waals surface area (Å²) in [4.78, 5) is 6.89. The van der Waals surface area contributed by atoms with Crippen LogP contribution < -0.4 is 0 Å². The van der Waals surface area contributed by atoms with Gasteiger partial charge in [-0.05, 0) is 84.1 Å². The van der Waals surface area contributed by atoms with Crippen LogP contribution >= 0.6 is 0 Å². The Bertz CT molecular complexity index is 168. The number of aliphatic hydroxyl groups excluding tert-OH is 4. The second kappa shape index (κ2) is 22.4. The molecule has 9 heteroatoms. The van der Waals surface area contributed by atoms with E-state index < -0.39 is 0 Å². The molecule has 0 aromatic rings. The molecule has 0 heterocycles. The first-order valence-corrected chi connectivity index (χ1v) is 7.95. The molecule has 4 atom stereocenters. The van der Waals surface area contributed by atoms with Crippen molar-refractivity contribution in [2.24, 2.45) is 0 Å². The third kappa shape index (κ3) is 45.5. The van der Waals surface area contributed by atoms with Gasteiger partial charge < -0.3 is 20.4 Å². The molecule has 0 aliphatic heterocycles. The average molecular weight is 404 g/mol. The van der Waals surface area contributed by atoms with Crippen molar-refractivity contribution < 1.29 is 42.1 Å². The fourth-order valence-corrected chi connectivity index (χ4v) is 0. The molecule has 0 fully saturated rings. The zero-order valence-electron chi connectivity index (χ0n) is 18.4. The van der Waals surface area contributed by atoms with Gasteiger partial charge in [-0.3, -0.25) is 19.6 Å². The van der Waals surface area contributed by atoms with Gasteiger partial charge in [0.05, 0.1) is 0 Å². The Kier molecular flexibility index (Phi) is 32.6. The van der Waals surface area contributed by atoms with Gasteiger partial charge in [-0.1, -0.05) is 0 Å². The fraction of sp³-hybridized carbons (Fsp3) is 1.00. The molecule has 8 nitrogen and oxygen atoms in total. The summed E-state index contributed by atoms with van der Waals surface area (Å²) in [5.41, 5.74) is 0. The largest absolute Gasteiger partial charge is 0.379 e. The average Bonchev–Trinajstić information content (AvgIpc) is 2.40. The second-order valence-corrected chi connectivity index (χ2v) is 6.38. The van der Waals surface area contributed by atoms with Gasteiger partial charge in [-0.25, -0.2) is 0 Å². The molecule has 0 saturated heterocycles. The van der Waals surface area contributed by atoms with Crippen LogP contribution in [-0.2, 0) is 21.7 Å². The molecule has 156 valence electrons. The Morgan fingerprint density at radius 2 is 0.440 bits per heavy atom. The first kappa shape index (κ1) is 36.3. The first-order chi connectivity index (χ1) is 10.6. The van der Waals surface area contributed by atoms with Gasteiger partial charge >= 0.3 is 0 Å². The van der Waals surface area contributed by atoms with Gasteiger partial charge in [0.2, 0.25) is 0 Å². The predicted octanol–water partition coefficient (Wildman–Crippen LogP) is -0.457. The van der Waals surface area contributed by atoms with Crippen LogP contribution in [-0.4, -0.2) is 121 Å². The van der Waals surface area contributed by atoms with Gasteiger partial charge in [0, 0.05) is 21.7 Å². The van der Waals surface area contributed by atoms with E-state index in [-0.39, 0.29) is 46.6 Å². The number of hydrogen-bond donors (Lipinski definition) is 4. The fourth-order valence-electron chi connectivity index (χ4n) is 0. The molecule has 0 rings (SSSR count). The van der Waals surface area contributed by atoms with Gasteiger partial charge in [0.1, 0.15) is 24.9 Å². The molecule has 0 amide bonds. The predicted molar refractivity (Wildman–Crippen MR) is 101 cm³/mol. The maximum Gasteiger partial charge on any atom is 0.104 e. The molecule has 0 spiro atoms. The second-order valence-electron chi connectivity index (χ2n) is 6.38. The van der Waals surface area contributed by atoms with Crippen molar-refractivity contribution in [3.8, 4) is 0 Å². The Balaban J connectivity index is -0.0000000702. The summed E-state index contributed by atoms with van der Waals surface area (Å²) in [6.07, 6.45) is -1.26. The zero-order valence-corrected chi connectivity index (χ0v) is 19.9. The van der Waals surface area contributed by atoms with Crippen molar-refractivity contribution in [3.05, 3.63) is 0 Å². The van der Waals surface area contributed by atoms with E-state index in [1.807, 2.05) is 56.4 Å². The van der Waals surface area contributed by atoms with Crippen molar-refractivity contribution in [1.29, 1.82) is 0 Å². The Morgan fingerprint density at radius 3 is 0.440 bits per heavy atom. The topological polar surface area (TPSA) is 93.9 Å². The maximum atomic E-state index is 8.56. The van der Waals surface area contributed by atoms with Crippen LogP contribution in [0.4, 0.5) is 0 Å². The molecule has 0 aromatic heterocycles. The Hall–Kier alpha value is 0.394. The Morgan fingerprint density at radius 1 is 0.400 bits per heavy atom. The molecule has 0 aliphatic carbocycles. The van der Waals surface area contributed by atoms with E-state index in [2.05, 4.69) is 0 Å². The quantitative estimate of drug-likeness (QED) is 0.370. The molecule has 25 heavy (non-hydrogen) atoms. The normalized spacial score (nSPS) is 14.9. The van der Waals surface area contributed by atoms with Crippen molar-refractivity contribution >= 4 is 0 Å². The van der Waals surface area contributed by atoms with Crippen LogP contribution in [0, 0.1) is 0 Å². The minimum atomic E-state index is -0.315. The summed E-state index contributed by atoms with van der Waals surface area (Å²) < 4.78 is 0. The van der Waals surface area contributed by atoms with Crippen LogP contribution in [0.25, 0.3) is 0 Å². The minimum absolute atomic E-state index is 0. The van der Waals surface area contributed by atoms with E-state index in [9.17, 15) is 0 Å². The number of rotatable bonds is 4. The van der Waals surface area contributed by atoms with E-state index in [1.165, 1.54) is 0 Å². The van der Waals surface area contributed by atoms with Gasteiger partial charge in [0.15, 0.2) is 0 Å². The standard InChI is InChI=1S/4C4H11NO.Ti/c4*1-4(6)5(2)3;/h4*4,6H,1-3H3;. The molecule has 0 aliphatic rings. The van der Waals surface area contributed by atoms with Crippen molar-refractivity contribution in [2.75, 3.05) is 56.4 Å². The summed E-state index contributed by atoms with van der Waals surface area (Å²) in [5, 5.41) is 34.2. The molecule has 4 unspecified atom stereocenters. The molecule has 0 bridgehead atoms. The van der Waals surface area contributed by atoms with Crippen LogP contribution in [0.2, 0.25) is 0 Å². The van der Waals surface area contributed by atoms with E-state index >= 15 is 0 Å².